The molecule has 0 aliphatic rings. The Kier molecular flexibility index (Phi) is 6.37. The number of rotatable bonds is 7. The van der Waals surface area contributed by atoms with Gasteiger partial charge in [0.1, 0.15) is 5.82 Å². The highest BCUT2D eigenvalue weighted by molar-refractivity contribution is 6.17. The van der Waals surface area contributed by atoms with E-state index in [1.807, 2.05) is 6.07 Å². The maximum absolute atomic E-state index is 12.8. The minimum Gasteiger partial charge on any atom is -0.313 e. The van der Waals surface area contributed by atoms with Gasteiger partial charge in [0.15, 0.2) is 0 Å². The van der Waals surface area contributed by atoms with Crippen LogP contribution in [0.5, 0.6) is 0 Å². The topological polar surface area (TPSA) is 12.0 Å². The first-order valence-electron chi connectivity index (χ1n) is 5.34. The summed E-state index contributed by atoms with van der Waals surface area (Å²) in [6.45, 7) is 1.70. The fourth-order valence-corrected chi connectivity index (χ4v) is 1.59. The van der Waals surface area contributed by atoms with Crippen LogP contribution in [0.1, 0.15) is 24.8 Å². The molecule has 1 N–H and O–H groups in total. The molecule has 15 heavy (non-hydrogen) atoms. The lowest BCUT2D eigenvalue weighted by molar-refractivity contribution is 0.605. The molecule has 0 fully saturated rings. The third kappa shape index (κ3) is 5.75. The first kappa shape index (κ1) is 12.5. The van der Waals surface area contributed by atoms with E-state index >= 15 is 0 Å². The predicted octanol–water partition coefficient (Wildman–Crippen LogP) is 3.32. The van der Waals surface area contributed by atoms with Crippen molar-refractivity contribution >= 4 is 11.6 Å². The molecule has 0 unspecified atom stereocenters. The molecule has 0 saturated carbocycles. The first-order valence-corrected chi connectivity index (χ1v) is 5.87. The number of hydrogen-bond acceptors (Lipinski definition) is 1. The third-order valence-electron chi connectivity index (χ3n) is 2.21. The average Bonchev–Trinajstić information content (AvgIpc) is 2.23. The maximum Gasteiger partial charge on any atom is 0.123 e. The van der Waals surface area contributed by atoms with Crippen molar-refractivity contribution in [2.75, 3.05) is 12.4 Å². The van der Waals surface area contributed by atoms with Crippen LogP contribution in [-0.2, 0) is 6.54 Å². The number of halogens is 2. The quantitative estimate of drug-likeness (QED) is 0.559. The second kappa shape index (κ2) is 7.66. The largest absolute Gasteiger partial charge is 0.313 e. The monoisotopic (exact) mass is 229 g/mol. The maximum atomic E-state index is 12.8. The Morgan fingerprint density at radius 1 is 1.20 bits per heavy atom. The SMILES string of the molecule is Fc1cccc(CNCCCCCCl)c1. The summed E-state index contributed by atoms with van der Waals surface area (Å²) in [5.41, 5.74) is 0.993. The first-order chi connectivity index (χ1) is 7.33. The van der Waals surface area contributed by atoms with Gasteiger partial charge in [-0.15, -0.1) is 11.6 Å². The van der Waals surface area contributed by atoms with Crippen molar-refractivity contribution in [3.05, 3.63) is 35.6 Å². The van der Waals surface area contributed by atoms with Gasteiger partial charge in [0.2, 0.25) is 0 Å². The molecule has 0 heterocycles. The van der Waals surface area contributed by atoms with E-state index in [0.29, 0.717) is 0 Å². The number of hydrogen-bond donors (Lipinski definition) is 1. The molecular weight excluding hydrogens is 213 g/mol. The molecule has 0 radical (unpaired) electrons. The van der Waals surface area contributed by atoms with Crippen molar-refractivity contribution in [2.45, 2.75) is 25.8 Å². The molecule has 1 aromatic rings. The summed E-state index contributed by atoms with van der Waals surface area (Å²) < 4.78 is 12.8. The summed E-state index contributed by atoms with van der Waals surface area (Å²) in [7, 11) is 0. The minimum atomic E-state index is -0.170. The average molecular weight is 230 g/mol. The molecule has 0 spiro atoms. The van der Waals surface area contributed by atoms with E-state index in [-0.39, 0.29) is 5.82 Å². The molecule has 1 nitrogen and oxygen atoms in total. The molecule has 1 rings (SSSR count). The second-order valence-corrected chi connectivity index (χ2v) is 3.93. The van der Waals surface area contributed by atoms with E-state index < -0.39 is 0 Å². The summed E-state index contributed by atoms with van der Waals surface area (Å²) in [5, 5.41) is 3.28. The van der Waals surface area contributed by atoms with Crippen molar-refractivity contribution in [1.29, 1.82) is 0 Å². The zero-order valence-electron chi connectivity index (χ0n) is 8.81. The van der Waals surface area contributed by atoms with Crippen LogP contribution in [0.15, 0.2) is 24.3 Å². The zero-order valence-corrected chi connectivity index (χ0v) is 9.56. The Balaban J connectivity index is 2.10. The van der Waals surface area contributed by atoms with E-state index in [1.165, 1.54) is 6.07 Å². The highest BCUT2D eigenvalue weighted by Gasteiger charge is 1.94. The van der Waals surface area contributed by atoms with Crippen LogP contribution in [0, 0.1) is 5.82 Å². The van der Waals surface area contributed by atoms with E-state index in [0.717, 1.165) is 43.8 Å². The van der Waals surface area contributed by atoms with Gasteiger partial charge in [-0.2, -0.15) is 0 Å². The van der Waals surface area contributed by atoms with E-state index in [9.17, 15) is 4.39 Å². The van der Waals surface area contributed by atoms with E-state index in [4.69, 9.17) is 11.6 Å². The van der Waals surface area contributed by atoms with Gasteiger partial charge in [-0.3, -0.25) is 0 Å². The van der Waals surface area contributed by atoms with Gasteiger partial charge in [-0.25, -0.2) is 4.39 Å². The molecule has 84 valence electrons. The fraction of sp³-hybridized carbons (Fsp3) is 0.500. The molecule has 0 bridgehead atoms. The van der Waals surface area contributed by atoms with Crippen molar-refractivity contribution in [3.63, 3.8) is 0 Å². The van der Waals surface area contributed by atoms with E-state index in [1.54, 1.807) is 12.1 Å². The highest BCUT2D eigenvalue weighted by Crippen LogP contribution is 2.03. The Hall–Kier alpha value is -0.600. The number of unbranched alkanes of at least 4 members (excludes halogenated alkanes) is 2. The summed E-state index contributed by atoms with van der Waals surface area (Å²) in [6.07, 6.45) is 3.35. The van der Waals surface area contributed by atoms with Crippen LogP contribution in [0.2, 0.25) is 0 Å². The van der Waals surface area contributed by atoms with Gasteiger partial charge < -0.3 is 5.32 Å². The summed E-state index contributed by atoms with van der Waals surface area (Å²) in [4.78, 5) is 0. The number of alkyl halides is 1. The van der Waals surface area contributed by atoms with Gasteiger partial charge in [-0.05, 0) is 37.1 Å². The molecule has 0 aliphatic carbocycles. The van der Waals surface area contributed by atoms with Gasteiger partial charge in [0.05, 0.1) is 0 Å². The Labute approximate surface area is 95.6 Å². The van der Waals surface area contributed by atoms with Crippen molar-refractivity contribution in [3.8, 4) is 0 Å². The number of benzene rings is 1. The van der Waals surface area contributed by atoms with Gasteiger partial charge in [0.25, 0.3) is 0 Å². The van der Waals surface area contributed by atoms with Crippen LogP contribution in [0.4, 0.5) is 4.39 Å². The van der Waals surface area contributed by atoms with Gasteiger partial charge in [0, 0.05) is 12.4 Å². The predicted molar refractivity (Wildman–Crippen MR) is 62.7 cm³/mol. The molecule has 3 heteroatoms. The third-order valence-corrected chi connectivity index (χ3v) is 2.47. The molecule has 0 atom stereocenters. The summed E-state index contributed by atoms with van der Waals surface area (Å²) in [6, 6.07) is 6.68. The molecule has 1 aromatic carbocycles. The molecule has 0 amide bonds. The van der Waals surface area contributed by atoms with Crippen LogP contribution in [-0.4, -0.2) is 12.4 Å². The molecule has 0 saturated heterocycles. The molecule has 0 aromatic heterocycles. The number of nitrogens with one attached hydrogen (secondary N) is 1. The van der Waals surface area contributed by atoms with E-state index in [2.05, 4.69) is 5.32 Å². The zero-order chi connectivity index (χ0) is 10.9. The van der Waals surface area contributed by atoms with Crippen molar-refractivity contribution < 1.29 is 4.39 Å². The summed E-state index contributed by atoms with van der Waals surface area (Å²) in [5.74, 6) is 0.570. The Bertz CT molecular complexity index is 278. The second-order valence-electron chi connectivity index (χ2n) is 3.56. The van der Waals surface area contributed by atoms with Gasteiger partial charge >= 0.3 is 0 Å². The normalized spacial score (nSPS) is 10.5. The highest BCUT2D eigenvalue weighted by atomic mass is 35.5. The van der Waals surface area contributed by atoms with Crippen LogP contribution in [0.25, 0.3) is 0 Å². The fourth-order valence-electron chi connectivity index (χ4n) is 1.40. The van der Waals surface area contributed by atoms with Crippen molar-refractivity contribution in [2.24, 2.45) is 0 Å². The Morgan fingerprint density at radius 2 is 2.07 bits per heavy atom. The molecule has 0 aliphatic heterocycles. The lowest BCUT2D eigenvalue weighted by Gasteiger charge is -2.04. The van der Waals surface area contributed by atoms with Crippen molar-refractivity contribution in [1.82, 2.24) is 5.32 Å². The summed E-state index contributed by atoms with van der Waals surface area (Å²) >= 11 is 5.57. The minimum absolute atomic E-state index is 0.170. The van der Waals surface area contributed by atoms with Crippen LogP contribution < -0.4 is 5.32 Å². The lowest BCUT2D eigenvalue weighted by atomic mass is 10.2. The van der Waals surface area contributed by atoms with Gasteiger partial charge in [-0.1, -0.05) is 18.6 Å². The standard InChI is InChI=1S/C12H17ClFN/c13-7-2-1-3-8-15-10-11-5-4-6-12(14)9-11/h4-6,9,15H,1-3,7-8,10H2. The Morgan fingerprint density at radius 3 is 2.80 bits per heavy atom. The smallest absolute Gasteiger partial charge is 0.123 e. The van der Waals surface area contributed by atoms with Crippen LogP contribution >= 0.6 is 11.6 Å². The lowest BCUT2D eigenvalue weighted by Crippen LogP contribution is -2.14. The van der Waals surface area contributed by atoms with Crippen LogP contribution in [0.3, 0.4) is 0 Å². The molecular formula is C12H17ClFN.